The fraction of sp³-hybridized carbons (Fsp3) is 0.200. The van der Waals surface area contributed by atoms with Crippen molar-refractivity contribution in [3.8, 4) is 11.1 Å². The lowest BCUT2D eigenvalue weighted by Gasteiger charge is -2.07. The number of benzene rings is 2. The van der Waals surface area contributed by atoms with Gasteiger partial charge in [-0.05, 0) is 42.2 Å². The summed E-state index contributed by atoms with van der Waals surface area (Å²) in [6, 6.07) is 10.0. The van der Waals surface area contributed by atoms with Crippen molar-refractivity contribution in [2.75, 3.05) is 0 Å². The summed E-state index contributed by atoms with van der Waals surface area (Å²) in [5.41, 5.74) is 2.38. The van der Waals surface area contributed by atoms with Crippen molar-refractivity contribution in [3.63, 3.8) is 0 Å². The molecular weight excluding hydrogens is 218 g/mol. The minimum atomic E-state index is -0.508. The Balaban J connectivity index is 2.52. The van der Waals surface area contributed by atoms with Crippen molar-refractivity contribution in [1.29, 1.82) is 0 Å². The van der Waals surface area contributed by atoms with Crippen LogP contribution >= 0.6 is 0 Å². The average molecular weight is 232 g/mol. The maximum absolute atomic E-state index is 13.7. The molecule has 0 aliphatic carbocycles. The van der Waals surface area contributed by atoms with Crippen LogP contribution in [0.1, 0.15) is 18.1 Å². The number of aryl methyl sites for hydroxylation is 2. The van der Waals surface area contributed by atoms with Crippen LogP contribution in [-0.4, -0.2) is 0 Å². The summed E-state index contributed by atoms with van der Waals surface area (Å²) in [5.74, 6) is -1.02. The third-order valence-corrected chi connectivity index (χ3v) is 2.84. The second-order valence-electron chi connectivity index (χ2n) is 4.15. The van der Waals surface area contributed by atoms with Crippen molar-refractivity contribution >= 4 is 0 Å². The summed E-state index contributed by atoms with van der Waals surface area (Å²) in [6.07, 6.45) is 0.916. The number of halogens is 2. The maximum Gasteiger partial charge on any atom is 0.134 e. The molecule has 17 heavy (non-hydrogen) atoms. The quantitative estimate of drug-likeness (QED) is 0.715. The Bertz CT molecular complexity index is 504. The number of hydrogen-bond donors (Lipinski definition) is 0. The first kappa shape index (κ1) is 11.8. The lowest BCUT2D eigenvalue weighted by atomic mass is 10.0. The van der Waals surface area contributed by atoms with E-state index in [1.807, 2.05) is 19.1 Å². The molecule has 88 valence electrons. The smallest absolute Gasteiger partial charge is 0.134 e. The van der Waals surface area contributed by atoms with Crippen LogP contribution < -0.4 is 0 Å². The van der Waals surface area contributed by atoms with E-state index in [2.05, 4.69) is 0 Å². The molecule has 0 atom stereocenters. The lowest BCUT2D eigenvalue weighted by Crippen LogP contribution is -1.92. The first-order valence-electron chi connectivity index (χ1n) is 5.66. The van der Waals surface area contributed by atoms with Gasteiger partial charge in [0.25, 0.3) is 0 Å². The highest BCUT2D eigenvalue weighted by Gasteiger charge is 2.11. The zero-order valence-corrected chi connectivity index (χ0v) is 9.93. The number of hydrogen-bond acceptors (Lipinski definition) is 0. The molecule has 2 rings (SSSR count). The van der Waals surface area contributed by atoms with Crippen molar-refractivity contribution in [3.05, 3.63) is 59.2 Å². The maximum atomic E-state index is 13.7. The second-order valence-corrected chi connectivity index (χ2v) is 4.15. The highest BCUT2D eigenvalue weighted by molar-refractivity contribution is 5.65. The molecule has 0 unspecified atom stereocenters. The summed E-state index contributed by atoms with van der Waals surface area (Å²) >= 11 is 0. The first-order chi connectivity index (χ1) is 8.11. The van der Waals surface area contributed by atoms with E-state index in [1.165, 1.54) is 12.1 Å². The van der Waals surface area contributed by atoms with Crippen LogP contribution in [-0.2, 0) is 6.42 Å². The Hall–Kier alpha value is -1.70. The SMILES string of the molecule is CCc1ccc(-c2c(F)cc(C)cc2F)cc1. The van der Waals surface area contributed by atoms with E-state index in [-0.39, 0.29) is 5.56 Å². The van der Waals surface area contributed by atoms with E-state index in [9.17, 15) is 8.78 Å². The topological polar surface area (TPSA) is 0 Å². The Morgan fingerprint density at radius 3 is 1.94 bits per heavy atom. The molecule has 0 aliphatic rings. The third kappa shape index (κ3) is 2.36. The normalized spacial score (nSPS) is 10.6. The highest BCUT2D eigenvalue weighted by Crippen LogP contribution is 2.27. The van der Waals surface area contributed by atoms with Gasteiger partial charge in [0.1, 0.15) is 11.6 Å². The fourth-order valence-corrected chi connectivity index (χ4v) is 1.88. The van der Waals surface area contributed by atoms with Crippen molar-refractivity contribution < 1.29 is 8.78 Å². The molecule has 0 amide bonds. The summed E-state index contributed by atoms with van der Waals surface area (Å²) < 4.78 is 27.5. The number of rotatable bonds is 2. The minimum Gasteiger partial charge on any atom is -0.206 e. The molecule has 0 aromatic heterocycles. The summed E-state index contributed by atoms with van der Waals surface area (Å²) in [6.45, 7) is 3.72. The minimum absolute atomic E-state index is 0.0539. The summed E-state index contributed by atoms with van der Waals surface area (Å²) in [4.78, 5) is 0. The lowest BCUT2D eigenvalue weighted by molar-refractivity contribution is 0.587. The van der Waals surface area contributed by atoms with Crippen LogP contribution in [0, 0.1) is 18.6 Å². The summed E-state index contributed by atoms with van der Waals surface area (Å²) in [5, 5.41) is 0. The van der Waals surface area contributed by atoms with E-state index in [1.54, 1.807) is 19.1 Å². The Kier molecular flexibility index (Phi) is 3.23. The van der Waals surface area contributed by atoms with Gasteiger partial charge in [-0.2, -0.15) is 0 Å². The molecule has 0 saturated heterocycles. The van der Waals surface area contributed by atoms with Gasteiger partial charge < -0.3 is 0 Å². The first-order valence-corrected chi connectivity index (χ1v) is 5.66. The molecule has 0 bridgehead atoms. The van der Waals surface area contributed by atoms with Crippen LogP contribution in [0.5, 0.6) is 0 Å². The van der Waals surface area contributed by atoms with Gasteiger partial charge >= 0.3 is 0 Å². The van der Waals surface area contributed by atoms with Crippen LogP contribution in [0.4, 0.5) is 8.78 Å². The van der Waals surface area contributed by atoms with Crippen molar-refractivity contribution in [2.24, 2.45) is 0 Å². The van der Waals surface area contributed by atoms with E-state index in [0.29, 0.717) is 11.1 Å². The largest absolute Gasteiger partial charge is 0.206 e. The summed E-state index contributed by atoms with van der Waals surface area (Å²) in [7, 11) is 0. The van der Waals surface area contributed by atoms with Crippen LogP contribution in [0.15, 0.2) is 36.4 Å². The monoisotopic (exact) mass is 232 g/mol. The van der Waals surface area contributed by atoms with Gasteiger partial charge in [0.05, 0.1) is 5.56 Å². The zero-order chi connectivity index (χ0) is 12.4. The molecule has 2 aromatic carbocycles. The van der Waals surface area contributed by atoms with Gasteiger partial charge in [-0.25, -0.2) is 8.78 Å². The predicted octanol–water partition coefficient (Wildman–Crippen LogP) is 4.50. The Morgan fingerprint density at radius 1 is 0.941 bits per heavy atom. The van der Waals surface area contributed by atoms with E-state index in [0.717, 1.165) is 12.0 Å². The molecule has 0 saturated carbocycles. The molecule has 2 heteroatoms. The van der Waals surface area contributed by atoms with Gasteiger partial charge in [-0.3, -0.25) is 0 Å². The Morgan fingerprint density at radius 2 is 1.47 bits per heavy atom. The van der Waals surface area contributed by atoms with E-state index >= 15 is 0 Å². The van der Waals surface area contributed by atoms with Gasteiger partial charge in [0.2, 0.25) is 0 Å². The molecule has 0 N–H and O–H groups in total. The molecule has 0 fully saturated rings. The highest BCUT2D eigenvalue weighted by atomic mass is 19.1. The molecular formula is C15H14F2. The Labute approximate surface area is 99.9 Å². The van der Waals surface area contributed by atoms with Crippen LogP contribution in [0.25, 0.3) is 11.1 Å². The average Bonchev–Trinajstić information content (AvgIpc) is 2.28. The molecule has 0 nitrogen and oxygen atoms in total. The van der Waals surface area contributed by atoms with Crippen molar-refractivity contribution in [2.45, 2.75) is 20.3 Å². The molecule has 0 spiro atoms. The molecule has 0 radical (unpaired) electrons. The van der Waals surface area contributed by atoms with Gasteiger partial charge in [-0.15, -0.1) is 0 Å². The molecule has 0 heterocycles. The van der Waals surface area contributed by atoms with Gasteiger partial charge in [0, 0.05) is 0 Å². The van der Waals surface area contributed by atoms with Crippen molar-refractivity contribution in [1.82, 2.24) is 0 Å². The second kappa shape index (κ2) is 4.66. The zero-order valence-electron chi connectivity index (χ0n) is 9.93. The molecule has 0 aliphatic heterocycles. The van der Waals surface area contributed by atoms with E-state index in [4.69, 9.17) is 0 Å². The fourth-order valence-electron chi connectivity index (χ4n) is 1.88. The molecule has 2 aromatic rings. The van der Waals surface area contributed by atoms with E-state index < -0.39 is 11.6 Å². The van der Waals surface area contributed by atoms with Crippen LogP contribution in [0.2, 0.25) is 0 Å². The van der Waals surface area contributed by atoms with Crippen LogP contribution in [0.3, 0.4) is 0 Å². The van der Waals surface area contributed by atoms with Gasteiger partial charge in [0.15, 0.2) is 0 Å². The third-order valence-electron chi connectivity index (χ3n) is 2.84. The van der Waals surface area contributed by atoms with Gasteiger partial charge in [-0.1, -0.05) is 31.2 Å². The predicted molar refractivity (Wildman–Crippen MR) is 65.9 cm³/mol. The standard InChI is InChI=1S/C15H14F2/c1-3-11-4-6-12(7-5-11)15-13(16)8-10(2)9-14(15)17/h4-9H,3H2,1-2H3.